The van der Waals surface area contributed by atoms with Crippen LogP contribution in [0.5, 0.6) is 5.75 Å². The van der Waals surface area contributed by atoms with E-state index >= 15 is 0 Å². The van der Waals surface area contributed by atoms with Crippen molar-refractivity contribution in [1.82, 2.24) is 9.80 Å². The molecule has 2 fully saturated rings. The summed E-state index contributed by atoms with van der Waals surface area (Å²) in [6.45, 7) is 8.34. The lowest BCUT2D eigenvalue weighted by Crippen LogP contribution is -2.50. The molecule has 1 heterocycles. The maximum atomic E-state index is 5.32. The molecular formula is C19H30N2O. The quantitative estimate of drug-likeness (QED) is 0.848. The lowest BCUT2D eigenvalue weighted by molar-refractivity contribution is 0.0659. The van der Waals surface area contributed by atoms with E-state index in [0.29, 0.717) is 0 Å². The van der Waals surface area contributed by atoms with Crippen molar-refractivity contribution in [3.63, 3.8) is 0 Å². The van der Waals surface area contributed by atoms with Crippen LogP contribution in [0.3, 0.4) is 0 Å². The fraction of sp³-hybridized carbons (Fsp3) is 0.684. The van der Waals surface area contributed by atoms with E-state index in [-0.39, 0.29) is 0 Å². The van der Waals surface area contributed by atoms with Crippen LogP contribution in [0.4, 0.5) is 0 Å². The molecular weight excluding hydrogens is 272 g/mol. The number of methoxy groups -OCH3 is 1. The molecule has 0 unspecified atom stereocenters. The number of piperazine rings is 1. The summed E-state index contributed by atoms with van der Waals surface area (Å²) in [4.78, 5) is 5.33. The molecule has 1 aliphatic heterocycles. The van der Waals surface area contributed by atoms with Gasteiger partial charge in [-0.2, -0.15) is 0 Å². The molecule has 2 atom stereocenters. The molecule has 3 nitrogen and oxygen atoms in total. The second-order valence-corrected chi connectivity index (χ2v) is 7.09. The molecule has 0 aromatic heterocycles. The summed E-state index contributed by atoms with van der Waals surface area (Å²) in [6.07, 6.45) is 5.69. The fourth-order valence-electron chi connectivity index (χ4n) is 4.05. The van der Waals surface area contributed by atoms with Crippen molar-refractivity contribution >= 4 is 0 Å². The lowest BCUT2D eigenvalue weighted by atomic mass is 9.86. The SMILES string of the molecule is COc1cccc(CN2CCN([C@@H]3CCC[C@@H](C)C3)CC2)c1. The third kappa shape index (κ3) is 4.02. The summed E-state index contributed by atoms with van der Waals surface area (Å²) in [5, 5.41) is 0. The van der Waals surface area contributed by atoms with Crippen molar-refractivity contribution < 1.29 is 4.74 Å². The van der Waals surface area contributed by atoms with E-state index in [1.807, 2.05) is 6.07 Å². The first-order valence-electron chi connectivity index (χ1n) is 8.84. The molecule has 0 spiro atoms. The van der Waals surface area contributed by atoms with Crippen LogP contribution in [0.25, 0.3) is 0 Å². The monoisotopic (exact) mass is 302 g/mol. The molecule has 0 radical (unpaired) electrons. The van der Waals surface area contributed by atoms with Crippen LogP contribution in [-0.4, -0.2) is 49.1 Å². The van der Waals surface area contributed by atoms with E-state index in [0.717, 1.165) is 24.3 Å². The van der Waals surface area contributed by atoms with Gasteiger partial charge in [0.05, 0.1) is 7.11 Å². The Morgan fingerprint density at radius 2 is 1.95 bits per heavy atom. The Bertz CT molecular complexity index is 468. The zero-order valence-corrected chi connectivity index (χ0v) is 14.1. The van der Waals surface area contributed by atoms with Crippen LogP contribution < -0.4 is 4.74 Å². The Morgan fingerprint density at radius 1 is 1.14 bits per heavy atom. The van der Waals surface area contributed by atoms with E-state index in [1.165, 1.54) is 57.4 Å². The van der Waals surface area contributed by atoms with Gasteiger partial charge in [-0.05, 0) is 36.5 Å². The molecule has 3 heteroatoms. The van der Waals surface area contributed by atoms with Gasteiger partial charge in [0.2, 0.25) is 0 Å². The Hall–Kier alpha value is -1.06. The highest BCUT2D eigenvalue weighted by atomic mass is 16.5. The van der Waals surface area contributed by atoms with Gasteiger partial charge >= 0.3 is 0 Å². The molecule has 2 aliphatic rings. The summed E-state index contributed by atoms with van der Waals surface area (Å²) in [7, 11) is 1.74. The average Bonchev–Trinajstić information content (AvgIpc) is 2.56. The molecule has 0 amide bonds. The highest BCUT2D eigenvalue weighted by molar-refractivity contribution is 5.28. The average molecular weight is 302 g/mol. The van der Waals surface area contributed by atoms with Gasteiger partial charge in [0.25, 0.3) is 0 Å². The first kappa shape index (κ1) is 15.8. The minimum absolute atomic E-state index is 0.850. The number of hydrogen-bond donors (Lipinski definition) is 0. The molecule has 1 aromatic rings. The minimum atomic E-state index is 0.850. The smallest absolute Gasteiger partial charge is 0.119 e. The van der Waals surface area contributed by atoms with Gasteiger partial charge in [0, 0.05) is 38.8 Å². The highest BCUT2D eigenvalue weighted by Gasteiger charge is 2.27. The van der Waals surface area contributed by atoms with E-state index in [9.17, 15) is 0 Å². The van der Waals surface area contributed by atoms with Crippen LogP contribution in [-0.2, 0) is 6.54 Å². The molecule has 1 aliphatic carbocycles. The normalized spacial score (nSPS) is 27.7. The van der Waals surface area contributed by atoms with Crippen LogP contribution in [0.1, 0.15) is 38.2 Å². The van der Waals surface area contributed by atoms with Crippen LogP contribution in [0.2, 0.25) is 0 Å². The summed E-state index contributed by atoms with van der Waals surface area (Å²) < 4.78 is 5.32. The maximum absolute atomic E-state index is 5.32. The Balaban J connectivity index is 1.49. The maximum Gasteiger partial charge on any atom is 0.119 e. The van der Waals surface area contributed by atoms with E-state index in [2.05, 4.69) is 34.9 Å². The van der Waals surface area contributed by atoms with Gasteiger partial charge in [0.15, 0.2) is 0 Å². The predicted molar refractivity (Wildman–Crippen MR) is 91.3 cm³/mol. The molecule has 122 valence electrons. The Morgan fingerprint density at radius 3 is 2.68 bits per heavy atom. The largest absolute Gasteiger partial charge is 0.497 e. The third-order valence-corrected chi connectivity index (χ3v) is 5.37. The molecule has 1 saturated carbocycles. The van der Waals surface area contributed by atoms with Crippen LogP contribution >= 0.6 is 0 Å². The van der Waals surface area contributed by atoms with Gasteiger partial charge in [-0.3, -0.25) is 9.80 Å². The highest BCUT2D eigenvalue weighted by Crippen LogP contribution is 2.28. The van der Waals surface area contributed by atoms with E-state index in [4.69, 9.17) is 4.74 Å². The van der Waals surface area contributed by atoms with Crippen molar-refractivity contribution in [2.24, 2.45) is 5.92 Å². The lowest BCUT2D eigenvalue weighted by Gasteiger charge is -2.42. The van der Waals surface area contributed by atoms with E-state index < -0.39 is 0 Å². The first-order chi connectivity index (χ1) is 10.7. The summed E-state index contributed by atoms with van der Waals surface area (Å²) in [6, 6.07) is 9.33. The predicted octanol–water partition coefficient (Wildman–Crippen LogP) is 3.39. The Labute approximate surface area is 135 Å². The first-order valence-corrected chi connectivity index (χ1v) is 8.84. The van der Waals surface area contributed by atoms with Gasteiger partial charge in [0.1, 0.15) is 5.75 Å². The molecule has 1 saturated heterocycles. The summed E-state index contributed by atoms with van der Waals surface area (Å²) in [5.74, 6) is 1.89. The van der Waals surface area contributed by atoms with Crippen molar-refractivity contribution in [2.75, 3.05) is 33.3 Å². The van der Waals surface area contributed by atoms with E-state index in [1.54, 1.807) is 7.11 Å². The zero-order valence-electron chi connectivity index (χ0n) is 14.1. The number of benzene rings is 1. The van der Waals surface area contributed by atoms with Gasteiger partial charge in [-0.25, -0.2) is 0 Å². The summed E-state index contributed by atoms with van der Waals surface area (Å²) in [5.41, 5.74) is 1.36. The van der Waals surface area contributed by atoms with Gasteiger partial charge < -0.3 is 4.74 Å². The molecule has 0 bridgehead atoms. The van der Waals surface area contributed by atoms with Crippen molar-refractivity contribution in [3.8, 4) is 5.75 Å². The molecule has 1 aromatic carbocycles. The number of rotatable bonds is 4. The fourth-order valence-corrected chi connectivity index (χ4v) is 4.05. The summed E-state index contributed by atoms with van der Waals surface area (Å²) >= 11 is 0. The van der Waals surface area contributed by atoms with Gasteiger partial charge in [-0.1, -0.05) is 31.9 Å². The van der Waals surface area contributed by atoms with Gasteiger partial charge in [-0.15, -0.1) is 0 Å². The minimum Gasteiger partial charge on any atom is -0.497 e. The topological polar surface area (TPSA) is 15.7 Å². The van der Waals surface area contributed by atoms with Crippen molar-refractivity contribution in [3.05, 3.63) is 29.8 Å². The number of nitrogens with zero attached hydrogens (tertiary/aromatic N) is 2. The molecule has 3 rings (SSSR count). The van der Waals surface area contributed by atoms with Crippen LogP contribution in [0.15, 0.2) is 24.3 Å². The molecule has 0 N–H and O–H groups in total. The van der Waals surface area contributed by atoms with Crippen molar-refractivity contribution in [2.45, 2.75) is 45.2 Å². The van der Waals surface area contributed by atoms with Crippen LogP contribution in [0, 0.1) is 5.92 Å². The third-order valence-electron chi connectivity index (χ3n) is 5.37. The van der Waals surface area contributed by atoms with Crippen molar-refractivity contribution in [1.29, 1.82) is 0 Å². The second kappa shape index (κ2) is 7.47. The number of ether oxygens (including phenoxy) is 1. The zero-order chi connectivity index (χ0) is 15.4. The standard InChI is InChI=1S/C19H30N2O/c1-16-5-3-7-18(13-16)21-11-9-20(10-12-21)15-17-6-4-8-19(14-17)22-2/h4,6,8,14,16,18H,3,5,7,9-13,15H2,1-2H3/t16-,18-/m1/s1. The second-order valence-electron chi connectivity index (χ2n) is 7.09. The number of hydrogen-bond acceptors (Lipinski definition) is 3. The Kier molecular flexibility index (Phi) is 5.37. The molecule has 22 heavy (non-hydrogen) atoms.